The van der Waals surface area contributed by atoms with Gasteiger partial charge < -0.3 is 14.7 Å². The van der Waals surface area contributed by atoms with Crippen LogP contribution in [0.3, 0.4) is 0 Å². The van der Waals surface area contributed by atoms with Crippen molar-refractivity contribution in [1.82, 2.24) is 14.7 Å². The minimum Gasteiger partial charge on any atom is -0.304 e. The van der Waals surface area contributed by atoms with Gasteiger partial charge in [-0.25, -0.2) is 0 Å². The maximum absolute atomic E-state index is 2.58. The molecule has 3 heteroatoms. The monoisotopic (exact) mass is 297 g/mol. The smallest absolute Gasteiger partial charge is 0.0109 e. The van der Waals surface area contributed by atoms with E-state index in [1.54, 1.807) is 0 Å². The lowest BCUT2D eigenvalue weighted by atomic mass is 9.64. The Labute approximate surface area is 133 Å². The summed E-state index contributed by atoms with van der Waals surface area (Å²) < 4.78 is 0. The fourth-order valence-electron chi connectivity index (χ4n) is 3.05. The van der Waals surface area contributed by atoms with Gasteiger partial charge in [-0.2, -0.15) is 0 Å². The van der Waals surface area contributed by atoms with Crippen molar-refractivity contribution >= 4 is 0 Å². The number of hydrogen-bond acceptors (Lipinski definition) is 3. The molecule has 1 rings (SSSR count). The molecular weight excluding hydrogens is 258 g/mol. The molecule has 0 aliphatic heterocycles. The standard InChI is InChI=1S/C18H39N3/c1-15(2)19(6)10-9-18(5)13-17(14-18)21(8)12-11-20(7)16(3)4/h15-17H,9-14H2,1-8H3. The zero-order chi connectivity index (χ0) is 16.2. The average Bonchev–Trinajstić information content (AvgIpc) is 2.38. The van der Waals surface area contributed by atoms with Crippen molar-refractivity contribution in [3.8, 4) is 0 Å². The normalized spacial score (nSPS) is 26.4. The zero-order valence-electron chi connectivity index (χ0n) is 15.8. The summed E-state index contributed by atoms with van der Waals surface area (Å²) in [5, 5.41) is 0. The first-order valence-corrected chi connectivity index (χ1v) is 8.75. The molecule has 0 unspecified atom stereocenters. The van der Waals surface area contributed by atoms with E-state index in [1.165, 1.54) is 38.9 Å². The van der Waals surface area contributed by atoms with Crippen LogP contribution in [-0.4, -0.2) is 73.6 Å². The minimum atomic E-state index is 0.575. The van der Waals surface area contributed by atoms with Crippen LogP contribution in [0.4, 0.5) is 0 Å². The van der Waals surface area contributed by atoms with Crippen LogP contribution in [-0.2, 0) is 0 Å². The van der Waals surface area contributed by atoms with Crippen molar-refractivity contribution in [3.05, 3.63) is 0 Å². The quantitative estimate of drug-likeness (QED) is 0.647. The molecule has 0 N–H and O–H groups in total. The second-order valence-corrected chi connectivity index (χ2v) is 8.25. The Bertz CT molecular complexity index is 295. The third kappa shape index (κ3) is 5.88. The fraction of sp³-hybridized carbons (Fsp3) is 1.00. The number of hydrogen-bond donors (Lipinski definition) is 0. The Morgan fingerprint density at radius 2 is 1.33 bits per heavy atom. The first-order chi connectivity index (χ1) is 9.64. The van der Waals surface area contributed by atoms with Crippen LogP contribution in [0.2, 0.25) is 0 Å². The summed E-state index contributed by atoms with van der Waals surface area (Å²) in [4.78, 5) is 7.48. The van der Waals surface area contributed by atoms with Gasteiger partial charge in [0, 0.05) is 31.2 Å². The van der Waals surface area contributed by atoms with E-state index in [-0.39, 0.29) is 0 Å². The molecule has 0 radical (unpaired) electrons. The molecule has 0 heterocycles. The van der Waals surface area contributed by atoms with Crippen molar-refractivity contribution < 1.29 is 0 Å². The summed E-state index contributed by atoms with van der Waals surface area (Å²) in [6.07, 6.45) is 4.10. The highest BCUT2D eigenvalue weighted by molar-refractivity contribution is 4.95. The molecule has 0 atom stereocenters. The topological polar surface area (TPSA) is 9.72 Å². The maximum atomic E-state index is 2.58. The SMILES string of the molecule is CC(C)N(C)CCN(C)C1CC(C)(CCN(C)C(C)C)C1. The van der Waals surface area contributed by atoms with Gasteiger partial charge >= 0.3 is 0 Å². The van der Waals surface area contributed by atoms with Crippen molar-refractivity contribution in [2.24, 2.45) is 5.41 Å². The molecule has 1 aliphatic carbocycles. The molecule has 1 aliphatic rings. The summed E-state index contributed by atoms with van der Waals surface area (Å²) in [5.74, 6) is 0. The van der Waals surface area contributed by atoms with Crippen molar-refractivity contribution in [2.45, 2.75) is 72.0 Å². The van der Waals surface area contributed by atoms with Gasteiger partial charge in [-0.1, -0.05) is 6.92 Å². The lowest BCUT2D eigenvalue weighted by molar-refractivity contribution is 0.00977. The second kappa shape index (κ2) is 7.94. The minimum absolute atomic E-state index is 0.575. The van der Waals surface area contributed by atoms with Crippen LogP contribution >= 0.6 is 0 Å². The summed E-state index contributed by atoms with van der Waals surface area (Å²) in [6, 6.07) is 2.12. The van der Waals surface area contributed by atoms with E-state index in [0.717, 1.165) is 6.04 Å². The van der Waals surface area contributed by atoms with E-state index in [9.17, 15) is 0 Å². The highest BCUT2D eigenvalue weighted by Crippen LogP contribution is 2.45. The van der Waals surface area contributed by atoms with E-state index in [4.69, 9.17) is 0 Å². The molecule has 126 valence electrons. The summed E-state index contributed by atoms with van der Waals surface area (Å²) >= 11 is 0. The Hall–Kier alpha value is -0.120. The lowest BCUT2D eigenvalue weighted by Crippen LogP contribution is -2.51. The third-order valence-electron chi connectivity index (χ3n) is 5.72. The number of likely N-dealkylation sites (N-methyl/N-ethyl adjacent to an activating group) is 2. The van der Waals surface area contributed by atoms with Gasteiger partial charge in [-0.05, 0) is 80.1 Å². The fourth-order valence-corrected chi connectivity index (χ4v) is 3.05. The largest absolute Gasteiger partial charge is 0.304 e. The van der Waals surface area contributed by atoms with Crippen molar-refractivity contribution in [2.75, 3.05) is 40.8 Å². The van der Waals surface area contributed by atoms with Gasteiger partial charge in [0.1, 0.15) is 0 Å². The number of nitrogens with zero attached hydrogens (tertiary/aromatic N) is 3. The van der Waals surface area contributed by atoms with Crippen LogP contribution in [0, 0.1) is 5.41 Å². The van der Waals surface area contributed by atoms with Crippen LogP contribution < -0.4 is 0 Å². The molecule has 1 fully saturated rings. The molecule has 0 aromatic carbocycles. The molecule has 21 heavy (non-hydrogen) atoms. The van der Waals surface area contributed by atoms with Gasteiger partial charge in [0.15, 0.2) is 0 Å². The zero-order valence-corrected chi connectivity index (χ0v) is 15.8. The van der Waals surface area contributed by atoms with E-state index in [2.05, 4.69) is 70.5 Å². The van der Waals surface area contributed by atoms with Crippen LogP contribution in [0.15, 0.2) is 0 Å². The predicted octanol–water partition coefficient (Wildman–Crippen LogP) is 3.16. The van der Waals surface area contributed by atoms with Gasteiger partial charge in [0.05, 0.1) is 0 Å². The first kappa shape index (κ1) is 18.9. The first-order valence-electron chi connectivity index (χ1n) is 8.75. The summed E-state index contributed by atoms with van der Waals surface area (Å²) in [5.41, 5.74) is 0.575. The van der Waals surface area contributed by atoms with Crippen molar-refractivity contribution in [3.63, 3.8) is 0 Å². The van der Waals surface area contributed by atoms with Gasteiger partial charge in [-0.15, -0.1) is 0 Å². The molecule has 0 bridgehead atoms. The average molecular weight is 298 g/mol. The maximum Gasteiger partial charge on any atom is 0.0109 e. The molecule has 3 nitrogen and oxygen atoms in total. The van der Waals surface area contributed by atoms with Crippen LogP contribution in [0.25, 0.3) is 0 Å². The Balaban J connectivity index is 2.24. The highest BCUT2D eigenvalue weighted by Gasteiger charge is 2.41. The summed E-state index contributed by atoms with van der Waals surface area (Å²) in [6.45, 7) is 15.2. The molecule has 0 aromatic rings. The van der Waals surface area contributed by atoms with E-state index < -0.39 is 0 Å². The lowest BCUT2D eigenvalue weighted by Gasteiger charge is -2.50. The van der Waals surface area contributed by atoms with Crippen LogP contribution in [0.1, 0.15) is 53.9 Å². The second-order valence-electron chi connectivity index (χ2n) is 8.25. The van der Waals surface area contributed by atoms with Gasteiger partial charge in [-0.3, -0.25) is 0 Å². The molecule has 0 saturated heterocycles. The Morgan fingerprint density at radius 1 is 0.857 bits per heavy atom. The van der Waals surface area contributed by atoms with Gasteiger partial charge in [0.2, 0.25) is 0 Å². The van der Waals surface area contributed by atoms with Crippen LogP contribution in [0.5, 0.6) is 0 Å². The molecule has 0 spiro atoms. The van der Waals surface area contributed by atoms with Gasteiger partial charge in [0.25, 0.3) is 0 Å². The predicted molar refractivity (Wildman–Crippen MR) is 93.9 cm³/mol. The third-order valence-corrected chi connectivity index (χ3v) is 5.72. The molecule has 0 amide bonds. The van der Waals surface area contributed by atoms with E-state index in [1.807, 2.05) is 0 Å². The number of rotatable bonds is 9. The van der Waals surface area contributed by atoms with E-state index >= 15 is 0 Å². The molecule has 0 aromatic heterocycles. The summed E-state index contributed by atoms with van der Waals surface area (Å²) in [7, 11) is 6.78. The Kier molecular flexibility index (Phi) is 7.15. The molecule has 1 saturated carbocycles. The Morgan fingerprint density at radius 3 is 1.81 bits per heavy atom. The highest BCUT2D eigenvalue weighted by atomic mass is 15.2. The van der Waals surface area contributed by atoms with Crippen molar-refractivity contribution in [1.29, 1.82) is 0 Å². The van der Waals surface area contributed by atoms with E-state index in [0.29, 0.717) is 17.5 Å². The molecular formula is C18H39N3.